The van der Waals surface area contributed by atoms with Crippen molar-refractivity contribution < 1.29 is 21.6 Å². The number of carbonyl (C=O) groups excluding carboxylic acids is 1. The lowest BCUT2D eigenvalue weighted by Crippen LogP contribution is -2.38. The van der Waals surface area contributed by atoms with E-state index in [1.165, 1.54) is 54.6 Å². The van der Waals surface area contributed by atoms with E-state index in [9.17, 15) is 21.6 Å². The lowest BCUT2D eigenvalue weighted by molar-refractivity contribution is -0.114. The molecule has 2 N–H and O–H groups in total. The van der Waals surface area contributed by atoms with Crippen LogP contribution in [0.2, 0.25) is 10.0 Å². The summed E-state index contributed by atoms with van der Waals surface area (Å²) in [7, 11) is -8.04. The first-order valence-electron chi connectivity index (χ1n) is 11.9. The average Bonchev–Trinajstić information content (AvgIpc) is 2.90. The molecular weight excluding hydrogens is 593 g/mol. The van der Waals surface area contributed by atoms with Crippen LogP contribution in [0.5, 0.6) is 0 Å². The van der Waals surface area contributed by atoms with Crippen molar-refractivity contribution >= 4 is 66.2 Å². The molecular formula is C28H25Cl2N3O5S2. The van der Waals surface area contributed by atoms with Crippen molar-refractivity contribution in [2.24, 2.45) is 0 Å². The number of nitrogens with zero attached hydrogens (tertiary/aromatic N) is 1. The van der Waals surface area contributed by atoms with E-state index in [1.807, 2.05) is 6.92 Å². The molecule has 4 rings (SSSR count). The van der Waals surface area contributed by atoms with E-state index in [-0.39, 0.29) is 15.5 Å². The molecule has 0 aromatic heterocycles. The molecule has 0 fully saturated rings. The number of anilines is 3. The molecule has 0 aliphatic carbocycles. The second-order valence-corrected chi connectivity index (χ2v) is 13.4. The standard InChI is InChI=1S/C28H25Cl2N3O5S2/c1-19-3-11-24(12-4-19)33(40(37,38)26-13-7-21(29)8-14-26)18-28(34)31-23-9-15-25(16-10-23)39(35,36)32-27-17-22(30)6-5-20(27)2/h3-17,32H,18H2,1-2H3,(H,31,34). The summed E-state index contributed by atoms with van der Waals surface area (Å²) in [6.07, 6.45) is 0. The number of carbonyl (C=O) groups is 1. The van der Waals surface area contributed by atoms with Gasteiger partial charge in [0.2, 0.25) is 5.91 Å². The van der Waals surface area contributed by atoms with Crippen molar-refractivity contribution in [2.45, 2.75) is 23.6 Å². The molecule has 12 heteroatoms. The Morgan fingerprint density at radius 3 is 1.95 bits per heavy atom. The van der Waals surface area contributed by atoms with Crippen LogP contribution >= 0.6 is 23.2 Å². The Hall–Kier alpha value is -3.57. The third kappa shape index (κ3) is 6.95. The number of aryl methyl sites for hydroxylation is 2. The van der Waals surface area contributed by atoms with Gasteiger partial charge in [0.15, 0.2) is 0 Å². The molecule has 0 spiro atoms. The number of hydrogen-bond acceptors (Lipinski definition) is 5. The van der Waals surface area contributed by atoms with Crippen LogP contribution in [0.3, 0.4) is 0 Å². The van der Waals surface area contributed by atoms with Crippen molar-refractivity contribution in [1.82, 2.24) is 0 Å². The second-order valence-electron chi connectivity index (χ2n) is 8.94. The van der Waals surface area contributed by atoms with Gasteiger partial charge in [0.05, 0.1) is 21.2 Å². The summed E-state index contributed by atoms with van der Waals surface area (Å²) in [6, 6.07) is 22.8. The van der Waals surface area contributed by atoms with Gasteiger partial charge in [-0.25, -0.2) is 16.8 Å². The molecule has 4 aromatic rings. The molecule has 0 saturated carbocycles. The van der Waals surface area contributed by atoms with E-state index < -0.39 is 32.5 Å². The summed E-state index contributed by atoms with van der Waals surface area (Å²) in [5, 5.41) is 3.40. The zero-order valence-electron chi connectivity index (χ0n) is 21.4. The van der Waals surface area contributed by atoms with E-state index in [4.69, 9.17) is 23.2 Å². The Labute approximate surface area is 243 Å². The van der Waals surface area contributed by atoms with E-state index in [2.05, 4.69) is 10.0 Å². The zero-order valence-corrected chi connectivity index (χ0v) is 24.6. The maximum absolute atomic E-state index is 13.5. The van der Waals surface area contributed by atoms with Gasteiger partial charge in [0.1, 0.15) is 6.54 Å². The Bertz CT molecular complexity index is 1740. The lowest BCUT2D eigenvalue weighted by Gasteiger charge is -2.24. The Morgan fingerprint density at radius 1 is 0.750 bits per heavy atom. The predicted molar refractivity (Wildman–Crippen MR) is 159 cm³/mol. The molecule has 0 unspecified atom stereocenters. The number of hydrogen-bond donors (Lipinski definition) is 2. The van der Waals surface area contributed by atoms with Crippen molar-refractivity contribution in [2.75, 3.05) is 20.9 Å². The van der Waals surface area contributed by atoms with Crippen LogP contribution < -0.4 is 14.3 Å². The van der Waals surface area contributed by atoms with Crippen LogP contribution in [0.15, 0.2) is 101 Å². The van der Waals surface area contributed by atoms with E-state index in [0.29, 0.717) is 27.0 Å². The fourth-order valence-electron chi connectivity index (χ4n) is 3.72. The van der Waals surface area contributed by atoms with Crippen LogP contribution in [0.25, 0.3) is 0 Å². The van der Waals surface area contributed by atoms with E-state index >= 15 is 0 Å². The molecule has 1 amide bonds. The molecule has 0 atom stereocenters. The van der Waals surface area contributed by atoms with Crippen molar-refractivity contribution in [1.29, 1.82) is 0 Å². The van der Waals surface area contributed by atoms with Gasteiger partial charge >= 0.3 is 0 Å². The number of sulfonamides is 2. The molecule has 208 valence electrons. The van der Waals surface area contributed by atoms with Gasteiger partial charge in [-0.15, -0.1) is 0 Å². The first-order chi connectivity index (χ1) is 18.8. The number of nitrogens with one attached hydrogen (secondary N) is 2. The minimum absolute atomic E-state index is 0.0257. The summed E-state index contributed by atoms with van der Waals surface area (Å²) >= 11 is 11.9. The fourth-order valence-corrected chi connectivity index (χ4v) is 6.56. The summed E-state index contributed by atoms with van der Waals surface area (Å²) < 4.78 is 56.2. The summed E-state index contributed by atoms with van der Waals surface area (Å²) in [4.78, 5) is 12.9. The number of amides is 1. The number of rotatable bonds is 9. The van der Waals surface area contributed by atoms with Crippen LogP contribution in [0.4, 0.5) is 17.1 Å². The van der Waals surface area contributed by atoms with E-state index in [0.717, 1.165) is 9.87 Å². The van der Waals surface area contributed by atoms with Gasteiger partial charge in [-0.05, 0) is 92.2 Å². The molecule has 8 nitrogen and oxygen atoms in total. The highest BCUT2D eigenvalue weighted by Gasteiger charge is 2.27. The van der Waals surface area contributed by atoms with Gasteiger partial charge in [-0.1, -0.05) is 47.0 Å². The molecule has 0 aliphatic rings. The topological polar surface area (TPSA) is 113 Å². The number of halogens is 2. The van der Waals surface area contributed by atoms with Crippen molar-refractivity contribution in [3.63, 3.8) is 0 Å². The van der Waals surface area contributed by atoms with E-state index in [1.54, 1.807) is 43.3 Å². The molecule has 40 heavy (non-hydrogen) atoms. The molecule has 0 bridgehead atoms. The van der Waals surface area contributed by atoms with Crippen LogP contribution in [-0.4, -0.2) is 29.3 Å². The highest BCUT2D eigenvalue weighted by Crippen LogP contribution is 2.26. The molecule has 0 aliphatic heterocycles. The Morgan fingerprint density at radius 2 is 1.32 bits per heavy atom. The van der Waals surface area contributed by atoms with Crippen LogP contribution in [0.1, 0.15) is 11.1 Å². The lowest BCUT2D eigenvalue weighted by atomic mass is 10.2. The first-order valence-corrected chi connectivity index (χ1v) is 15.6. The maximum Gasteiger partial charge on any atom is 0.264 e. The monoisotopic (exact) mass is 617 g/mol. The Kier molecular flexibility index (Phi) is 8.74. The van der Waals surface area contributed by atoms with Gasteiger partial charge in [0.25, 0.3) is 20.0 Å². The summed E-state index contributed by atoms with van der Waals surface area (Å²) in [5.74, 6) is -0.624. The minimum Gasteiger partial charge on any atom is -0.325 e. The van der Waals surface area contributed by atoms with Gasteiger partial charge in [-0.2, -0.15) is 0 Å². The third-order valence-corrected chi connectivity index (χ3v) is 9.56. The van der Waals surface area contributed by atoms with Crippen LogP contribution in [0, 0.1) is 13.8 Å². The first kappa shape index (κ1) is 29.4. The highest BCUT2D eigenvalue weighted by molar-refractivity contribution is 7.93. The fraction of sp³-hybridized carbons (Fsp3) is 0.107. The molecule has 0 saturated heterocycles. The second kappa shape index (κ2) is 11.9. The predicted octanol–water partition coefficient (Wildman–Crippen LogP) is 6.25. The average molecular weight is 619 g/mol. The minimum atomic E-state index is -4.12. The molecule has 0 radical (unpaired) electrons. The summed E-state index contributed by atoms with van der Waals surface area (Å²) in [5.41, 5.74) is 2.56. The van der Waals surface area contributed by atoms with Crippen LogP contribution in [-0.2, 0) is 24.8 Å². The largest absolute Gasteiger partial charge is 0.325 e. The SMILES string of the molecule is Cc1ccc(N(CC(=O)Nc2ccc(S(=O)(=O)Nc3cc(Cl)ccc3C)cc2)S(=O)(=O)c2ccc(Cl)cc2)cc1. The van der Waals surface area contributed by atoms with Gasteiger partial charge < -0.3 is 5.32 Å². The Balaban J connectivity index is 1.53. The third-order valence-electron chi connectivity index (χ3n) is 5.90. The van der Waals surface area contributed by atoms with Gasteiger partial charge in [0, 0.05) is 15.7 Å². The van der Waals surface area contributed by atoms with Crippen molar-refractivity contribution in [3.8, 4) is 0 Å². The quantitative estimate of drug-likeness (QED) is 0.231. The smallest absolute Gasteiger partial charge is 0.264 e. The van der Waals surface area contributed by atoms with Gasteiger partial charge in [-0.3, -0.25) is 13.8 Å². The molecule has 4 aromatic carbocycles. The highest BCUT2D eigenvalue weighted by atomic mass is 35.5. The van der Waals surface area contributed by atoms with Crippen molar-refractivity contribution in [3.05, 3.63) is 112 Å². The summed E-state index contributed by atoms with van der Waals surface area (Å²) in [6.45, 7) is 3.09. The maximum atomic E-state index is 13.5. The normalized spacial score (nSPS) is 11.6. The number of benzene rings is 4. The molecule has 0 heterocycles. The zero-order chi connectivity index (χ0) is 29.1.